The van der Waals surface area contributed by atoms with Crippen molar-refractivity contribution < 1.29 is 120 Å². The van der Waals surface area contributed by atoms with Gasteiger partial charge >= 0.3 is 6.03 Å². The summed E-state index contributed by atoms with van der Waals surface area (Å²) in [6.45, 7) is 9.45. The van der Waals surface area contributed by atoms with Crippen molar-refractivity contribution in [3.8, 4) is 5.75 Å². The number of primary amides is 1. The summed E-state index contributed by atoms with van der Waals surface area (Å²) in [7, 11) is 0. The summed E-state index contributed by atoms with van der Waals surface area (Å²) < 4.78 is 88.4. The van der Waals surface area contributed by atoms with Crippen LogP contribution in [0.4, 0.5) is 25.0 Å². The number of carbonyl (C=O) groups is 10. The zero-order chi connectivity index (χ0) is 93.3. The summed E-state index contributed by atoms with van der Waals surface area (Å²) in [6.07, 6.45) is 2.24. The van der Waals surface area contributed by atoms with E-state index in [1.54, 1.807) is 25.7 Å². The number of benzene rings is 3. The number of nitrogens with two attached hydrogens (primary N) is 2. The van der Waals surface area contributed by atoms with Crippen LogP contribution in [-0.2, 0) is 87.6 Å². The van der Waals surface area contributed by atoms with Crippen LogP contribution >= 0.6 is 0 Å². The van der Waals surface area contributed by atoms with Crippen LogP contribution in [-0.4, -0.2) is 256 Å². The molecule has 34 nitrogen and oxygen atoms in total. The molecule has 16 N–H and O–H groups in total. The number of aliphatic hydroxyl groups excluding tert-OH is 4. The zero-order valence-electron chi connectivity index (χ0n) is 74.9. The van der Waals surface area contributed by atoms with E-state index >= 15 is 13.6 Å². The van der Waals surface area contributed by atoms with E-state index in [2.05, 4.69) is 42.5 Å². The molecule has 3 saturated carbocycles. The summed E-state index contributed by atoms with van der Waals surface area (Å²) in [4.78, 5) is 138. The van der Waals surface area contributed by atoms with E-state index in [1.807, 2.05) is 67.6 Å². The molecule has 130 heavy (non-hydrogen) atoms. The van der Waals surface area contributed by atoms with Crippen LogP contribution in [0, 0.1) is 28.6 Å². The number of carbonyl (C=O) groups excluding carboxylic acids is 10. The maximum Gasteiger partial charge on any atom is 0.312 e. The Hall–Kier alpha value is -9.70. The molecule has 18 atom stereocenters. The SMILES string of the molecule is CCCC1O[C@@H]2C[C@H]3[C@@H]4C[C@H](F)C5=CC(=O)C=C[C@]5(C)[C@@]4(F)[C@@H](O)C[C@]3(C)[C@]2(C(=O)COc2ccc(NC(=O)[C@H](CCCNC(N)=O)NC(=O)[C@@H](NC(=O)[C@@H](CCCCNC(=O)COC3CCCCCC(N[C@H]4O[C@H](CO)C[C@H](O)[C@H]4O)=C3N)NC(=O)CCOCCOCCOCCOCCNC(=O)CCC(=O)N3Cc4ccccc4/C=C\c4ccccc43)C(C)C)cc2)O1. The molecule has 0 bridgehead atoms. The number of ketones is 2. The van der Waals surface area contributed by atoms with Crippen LogP contribution < -0.4 is 63.6 Å². The zero-order valence-corrected chi connectivity index (χ0v) is 74.9. The van der Waals surface area contributed by atoms with Gasteiger partial charge in [-0.25, -0.2) is 13.6 Å². The highest BCUT2D eigenvalue weighted by atomic mass is 19.1. The molecule has 36 heteroatoms. The van der Waals surface area contributed by atoms with Gasteiger partial charge in [-0.15, -0.1) is 0 Å². The number of amides is 9. The molecule has 11 rings (SSSR count). The number of aliphatic hydroxyl groups is 4. The monoisotopic (exact) mass is 1820 g/mol. The number of fused-ring (bicyclic) bond motifs is 9. The Bertz CT molecular complexity index is 4520. The number of anilines is 2. The van der Waals surface area contributed by atoms with Gasteiger partial charge in [-0.1, -0.05) is 108 Å². The molecule has 9 amide bonds. The first-order valence-electron chi connectivity index (χ1n) is 45.7. The van der Waals surface area contributed by atoms with Gasteiger partial charge in [0.15, 0.2) is 29.6 Å². The van der Waals surface area contributed by atoms with Crippen LogP contribution in [0.15, 0.2) is 108 Å². The predicted octanol–water partition coefficient (Wildman–Crippen LogP) is 5.64. The number of rotatable bonds is 47. The van der Waals surface area contributed by atoms with Crippen molar-refractivity contribution in [2.24, 2.45) is 40.1 Å². The van der Waals surface area contributed by atoms with Crippen molar-refractivity contribution in [3.05, 3.63) is 125 Å². The molecule has 0 spiro atoms. The number of halogens is 2. The Morgan fingerprint density at radius 1 is 0.685 bits per heavy atom. The van der Waals surface area contributed by atoms with Crippen molar-refractivity contribution >= 4 is 82.5 Å². The molecule has 0 radical (unpaired) electrons. The van der Waals surface area contributed by atoms with E-state index in [1.165, 1.54) is 43.3 Å². The van der Waals surface area contributed by atoms with Crippen LogP contribution in [0.1, 0.15) is 173 Å². The Morgan fingerprint density at radius 3 is 2.08 bits per heavy atom. The Balaban J connectivity index is 0.649. The minimum Gasteiger partial charge on any atom is -0.486 e. The number of allylic oxidation sites excluding steroid dienone is 5. The van der Waals surface area contributed by atoms with Gasteiger partial charge < -0.3 is 122 Å². The fourth-order valence-electron chi connectivity index (χ4n) is 19.3. The number of nitrogens with one attached hydrogen (secondary N) is 8. The lowest BCUT2D eigenvalue weighted by atomic mass is 9.44. The third-order valence-corrected chi connectivity index (χ3v) is 26.2. The number of para-hydroxylation sites is 1. The van der Waals surface area contributed by atoms with Gasteiger partial charge in [0.05, 0.1) is 108 Å². The number of Topliss-reactive ketones (excluding diaryl/α,β-unsaturated/α-hetero) is 1. The largest absolute Gasteiger partial charge is 0.486 e. The number of ether oxygens (including phenoxy) is 9. The minimum atomic E-state index is -2.41. The quantitative estimate of drug-likeness (QED) is 0.0304. The van der Waals surface area contributed by atoms with Gasteiger partial charge in [0.2, 0.25) is 47.1 Å². The van der Waals surface area contributed by atoms with Crippen molar-refractivity contribution in [2.45, 2.75) is 248 Å². The lowest BCUT2D eigenvalue weighted by Crippen LogP contribution is -2.71. The molecule has 5 fully saturated rings. The van der Waals surface area contributed by atoms with Crippen molar-refractivity contribution in [1.82, 2.24) is 37.2 Å². The van der Waals surface area contributed by atoms with Gasteiger partial charge in [0.1, 0.15) is 49.4 Å². The molecule has 2 unspecified atom stereocenters. The summed E-state index contributed by atoms with van der Waals surface area (Å²) >= 11 is 0. The smallest absolute Gasteiger partial charge is 0.312 e. The predicted molar refractivity (Wildman–Crippen MR) is 474 cm³/mol. The van der Waals surface area contributed by atoms with E-state index in [0.29, 0.717) is 50.0 Å². The number of urea groups is 1. The molecule has 3 aromatic rings. The first-order valence-corrected chi connectivity index (χ1v) is 45.7. The molecule has 714 valence electrons. The number of alkyl halides is 2. The van der Waals surface area contributed by atoms with Crippen molar-refractivity contribution in [3.63, 3.8) is 0 Å². The second kappa shape index (κ2) is 47.6. The minimum absolute atomic E-state index is 0.0146. The third-order valence-electron chi connectivity index (χ3n) is 26.2. The molecule has 0 aromatic heterocycles. The average molecular weight is 1820 g/mol. The molecular weight excluding hydrogens is 1690 g/mol. The lowest BCUT2D eigenvalue weighted by Gasteiger charge is -2.63. The molecule has 2 saturated heterocycles. The highest BCUT2D eigenvalue weighted by molar-refractivity contribution is 6.02. The third kappa shape index (κ3) is 25.2. The van der Waals surface area contributed by atoms with Crippen LogP contribution in [0.3, 0.4) is 0 Å². The van der Waals surface area contributed by atoms with Crippen LogP contribution in [0.2, 0.25) is 0 Å². The Labute approximate surface area is 756 Å². The summed E-state index contributed by atoms with van der Waals surface area (Å²) in [5, 5.41) is 65.4. The van der Waals surface area contributed by atoms with Gasteiger partial charge in [-0.05, 0) is 161 Å². The van der Waals surface area contributed by atoms with E-state index in [0.717, 1.165) is 47.7 Å². The van der Waals surface area contributed by atoms with E-state index in [4.69, 9.17) is 54.1 Å². The van der Waals surface area contributed by atoms with Crippen LogP contribution in [0.5, 0.6) is 5.75 Å². The number of unbranched alkanes of at least 4 members (excludes halogenated alkanes) is 1. The maximum atomic E-state index is 18.2. The number of nitrogens with zero attached hydrogens (tertiary/aromatic N) is 1. The maximum absolute atomic E-state index is 18.2. The van der Waals surface area contributed by atoms with E-state index in [-0.39, 0.29) is 185 Å². The first kappa shape index (κ1) is 101. The van der Waals surface area contributed by atoms with E-state index < -0.39 is 167 Å². The molecule has 5 aliphatic carbocycles. The van der Waals surface area contributed by atoms with Gasteiger partial charge in [-0.3, -0.25) is 43.2 Å². The molecule has 8 aliphatic rings. The molecule has 3 aromatic carbocycles. The topological polar surface area (TPSA) is 486 Å². The summed E-state index contributed by atoms with van der Waals surface area (Å²) in [5.41, 5.74) is 9.72. The number of hydrogen-bond acceptors (Lipinski definition) is 25. The second-order valence-electron chi connectivity index (χ2n) is 35.5. The van der Waals surface area contributed by atoms with Crippen LogP contribution in [0.25, 0.3) is 12.2 Å². The van der Waals surface area contributed by atoms with Gasteiger partial charge in [-0.2, -0.15) is 0 Å². The Morgan fingerprint density at radius 2 is 1.36 bits per heavy atom. The molecule has 3 heterocycles. The van der Waals surface area contributed by atoms with E-state index in [9.17, 15) is 63.6 Å². The van der Waals surface area contributed by atoms with Crippen molar-refractivity contribution in [1.29, 1.82) is 0 Å². The fourth-order valence-corrected chi connectivity index (χ4v) is 19.3. The van der Waals surface area contributed by atoms with Crippen molar-refractivity contribution in [2.75, 3.05) is 103 Å². The number of hydrogen-bond donors (Lipinski definition) is 14. The standard InChI is InChI=1S/C94H131F2N11O23/c1-6-17-82-129-77-51-65-66-50-68(95)67-48-62(109)34-36-91(67,4)93(66,96)75(111)52-92(65,5)94(77,130-82)76(112)55-126-63-30-28-61(29-31-63)102-86(118)71(23-16-38-101-90(98)121)104-88(120)84(57(2)3)106-87(119)70(22-14-15-37-99-80(115)56-127-74-25-9-7-8-21-69(83(74)97)105-89-85(117)73(110)49-64(54-108)128-89)103-79(114)35-40-122-42-44-124-46-47-125-45-43-123-41-39-100-78(113)32-33-81(116)107-53-60-20-11-10-18-58(60)26-27-59-19-12-13-24-72(59)107/h10-13,18-20,24,26-31,34,36,48,57,64-66,68,70-71,73-75,77,82,84-85,89,105,108,110-111,117H,6-9,14-17,21-23,25,32-33,35,37-47,49-56,97H2,1-5H3,(H,99,115)(H,100,113)(H,102,118)(H,103,114)(H,104,120)(H,106,119)(H3,98,101,121)/b27-26-,83-69?/t64-,65-,66-,68-,70+,71-,73-,74?,75-,77+,82?,84-,85+,89-,91-,92-,93-,94+/m0/s1. The first-order chi connectivity index (χ1) is 62.4. The fraction of sp³-hybridized carbons (Fsp3) is 0.617. The summed E-state index contributed by atoms with van der Waals surface area (Å²) in [5.74, 6) is -6.89. The highest BCUT2D eigenvalue weighted by Gasteiger charge is 2.80. The average Bonchev–Trinajstić information content (AvgIpc) is 1.58. The summed E-state index contributed by atoms with van der Waals surface area (Å²) in [6, 6.07) is 16.9. The highest BCUT2D eigenvalue weighted by Crippen LogP contribution is 2.72. The lowest BCUT2D eigenvalue weighted by molar-refractivity contribution is -0.234. The normalized spacial score (nSPS) is 27.6. The molecular formula is C94H131F2N11O23. The second-order valence-corrected chi connectivity index (χ2v) is 35.5. The molecule has 3 aliphatic heterocycles. The van der Waals surface area contributed by atoms with Gasteiger partial charge in [0.25, 0.3) is 0 Å². The Kier molecular flexibility index (Phi) is 36.9. The van der Waals surface area contributed by atoms with Gasteiger partial charge in [0, 0.05) is 73.4 Å².